The molecule has 2 aromatic rings. The number of rotatable bonds is 6. The van der Waals surface area contributed by atoms with E-state index in [-0.39, 0.29) is 11.4 Å². The third-order valence-electron chi connectivity index (χ3n) is 3.59. The van der Waals surface area contributed by atoms with Crippen molar-refractivity contribution in [2.45, 2.75) is 34.1 Å². The van der Waals surface area contributed by atoms with Crippen molar-refractivity contribution in [1.29, 1.82) is 0 Å². The van der Waals surface area contributed by atoms with E-state index in [2.05, 4.69) is 27.7 Å². The molecular formula is C22H28O4. The summed E-state index contributed by atoms with van der Waals surface area (Å²) in [5.41, 5.74) is 0.990. The summed E-state index contributed by atoms with van der Waals surface area (Å²) in [6, 6.07) is 17.4. The zero-order valence-corrected chi connectivity index (χ0v) is 15.9. The highest BCUT2D eigenvalue weighted by Gasteiger charge is 2.22. The predicted octanol–water partition coefficient (Wildman–Crippen LogP) is 5.30. The number of carbonyl (C=O) groups is 2. The lowest BCUT2D eigenvalue weighted by Gasteiger charge is -2.26. The Balaban J connectivity index is 0.000000314. The number of benzene rings is 2. The number of carbonyl (C=O) groups excluding carboxylic acids is 1. The van der Waals surface area contributed by atoms with Crippen LogP contribution in [0, 0.1) is 11.3 Å². The minimum Gasteiger partial charge on any atom is -0.478 e. The van der Waals surface area contributed by atoms with E-state index in [1.165, 1.54) is 0 Å². The zero-order chi connectivity index (χ0) is 19.6. The SMILES string of the molecule is CC(C)CC(C)(C)COC(=O)c1ccccc1.O=C(O)c1ccccc1. The molecule has 0 saturated carbocycles. The maximum absolute atomic E-state index is 11.8. The Kier molecular flexibility index (Phi) is 8.56. The van der Waals surface area contributed by atoms with Crippen molar-refractivity contribution in [1.82, 2.24) is 0 Å². The lowest BCUT2D eigenvalue weighted by Crippen LogP contribution is -2.23. The van der Waals surface area contributed by atoms with Gasteiger partial charge in [-0.25, -0.2) is 9.59 Å². The molecule has 0 spiro atoms. The second-order valence-electron chi connectivity index (χ2n) is 7.38. The lowest BCUT2D eigenvalue weighted by atomic mass is 9.85. The van der Waals surface area contributed by atoms with Gasteiger partial charge in [0, 0.05) is 0 Å². The van der Waals surface area contributed by atoms with E-state index in [4.69, 9.17) is 9.84 Å². The maximum Gasteiger partial charge on any atom is 0.338 e. The molecule has 2 rings (SSSR count). The molecule has 4 nitrogen and oxygen atoms in total. The molecule has 0 unspecified atom stereocenters. The maximum atomic E-state index is 11.8. The van der Waals surface area contributed by atoms with Crippen LogP contribution in [0.15, 0.2) is 60.7 Å². The molecule has 0 radical (unpaired) electrons. The molecule has 0 atom stereocenters. The van der Waals surface area contributed by atoms with Gasteiger partial charge in [-0.1, -0.05) is 64.1 Å². The molecule has 0 heterocycles. The molecule has 2 aromatic carbocycles. The summed E-state index contributed by atoms with van der Waals surface area (Å²) in [6.07, 6.45) is 1.05. The van der Waals surface area contributed by atoms with Gasteiger partial charge in [-0.3, -0.25) is 0 Å². The molecule has 140 valence electrons. The topological polar surface area (TPSA) is 63.6 Å². The van der Waals surface area contributed by atoms with E-state index >= 15 is 0 Å². The van der Waals surface area contributed by atoms with Gasteiger partial charge in [0.15, 0.2) is 0 Å². The van der Waals surface area contributed by atoms with Crippen LogP contribution in [0.2, 0.25) is 0 Å². The van der Waals surface area contributed by atoms with Crippen molar-refractivity contribution in [3.63, 3.8) is 0 Å². The van der Waals surface area contributed by atoms with Gasteiger partial charge in [0.2, 0.25) is 0 Å². The average Bonchev–Trinajstić information content (AvgIpc) is 2.61. The molecule has 0 aliphatic carbocycles. The van der Waals surface area contributed by atoms with Gasteiger partial charge in [-0.05, 0) is 42.0 Å². The van der Waals surface area contributed by atoms with Gasteiger partial charge in [0.25, 0.3) is 0 Å². The molecule has 0 aromatic heterocycles. The van der Waals surface area contributed by atoms with Crippen LogP contribution in [0.1, 0.15) is 54.8 Å². The van der Waals surface area contributed by atoms with Crippen molar-refractivity contribution >= 4 is 11.9 Å². The second-order valence-corrected chi connectivity index (χ2v) is 7.38. The minimum absolute atomic E-state index is 0.0403. The van der Waals surface area contributed by atoms with E-state index in [0.717, 1.165) is 6.42 Å². The van der Waals surface area contributed by atoms with Crippen LogP contribution in [-0.2, 0) is 4.74 Å². The minimum atomic E-state index is -0.879. The van der Waals surface area contributed by atoms with Gasteiger partial charge in [-0.15, -0.1) is 0 Å². The fourth-order valence-electron chi connectivity index (χ4n) is 2.66. The van der Waals surface area contributed by atoms with Gasteiger partial charge < -0.3 is 9.84 Å². The standard InChI is InChI=1S/C15H22O2.C7H6O2/c1-12(2)10-15(3,4)11-17-14(16)13-8-6-5-7-9-13;8-7(9)6-4-2-1-3-5-6/h5-9,12H,10-11H2,1-4H3;1-5H,(H,8,9). The number of carboxylic acid groups (broad SMARTS) is 1. The van der Waals surface area contributed by atoms with Crippen LogP contribution in [0.4, 0.5) is 0 Å². The van der Waals surface area contributed by atoms with Crippen molar-refractivity contribution in [2.24, 2.45) is 11.3 Å². The highest BCUT2D eigenvalue weighted by Crippen LogP contribution is 2.25. The first kappa shape index (κ1) is 21.4. The first-order valence-electron chi connectivity index (χ1n) is 8.72. The number of carboxylic acids is 1. The molecule has 1 N–H and O–H groups in total. The average molecular weight is 356 g/mol. The van der Waals surface area contributed by atoms with E-state index in [0.29, 0.717) is 23.7 Å². The number of hydrogen-bond acceptors (Lipinski definition) is 3. The fraction of sp³-hybridized carbons (Fsp3) is 0.364. The van der Waals surface area contributed by atoms with E-state index in [9.17, 15) is 9.59 Å². The highest BCUT2D eigenvalue weighted by molar-refractivity contribution is 5.89. The number of ether oxygens (including phenoxy) is 1. The van der Waals surface area contributed by atoms with Crippen LogP contribution in [-0.4, -0.2) is 23.7 Å². The van der Waals surface area contributed by atoms with E-state index in [1.807, 2.05) is 18.2 Å². The monoisotopic (exact) mass is 356 g/mol. The molecule has 0 bridgehead atoms. The molecule has 0 fully saturated rings. The predicted molar refractivity (Wildman–Crippen MR) is 103 cm³/mol. The van der Waals surface area contributed by atoms with Crippen molar-refractivity contribution in [2.75, 3.05) is 6.61 Å². The summed E-state index contributed by atoms with van der Waals surface area (Å²) in [5.74, 6) is -0.501. The van der Waals surface area contributed by atoms with Gasteiger partial charge in [-0.2, -0.15) is 0 Å². The summed E-state index contributed by atoms with van der Waals surface area (Å²) < 4.78 is 5.35. The number of aromatic carboxylic acids is 1. The van der Waals surface area contributed by atoms with Gasteiger partial charge >= 0.3 is 11.9 Å². The van der Waals surface area contributed by atoms with Crippen LogP contribution in [0.5, 0.6) is 0 Å². The summed E-state index contributed by atoms with van der Waals surface area (Å²) in [6.45, 7) is 9.09. The number of esters is 1. The summed E-state index contributed by atoms with van der Waals surface area (Å²) >= 11 is 0. The largest absolute Gasteiger partial charge is 0.478 e. The molecule has 0 amide bonds. The summed E-state index contributed by atoms with van der Waals surface area (Å²) in [5, 5.41) is 8.38. The highest BCUT2D eigenvalue weighted by atomic mass is 16.5. The Hall–Kier alpha value is -2.62. The lowest BCUT2D eigenvalue weighted by molar-refractivity contribution is 0.0306. The van der Waals surface area contributed by atoms with Gasteiger partial charge in [0.05, 0.1) is 17.7 Å². The Morgan fingerprint density at radius 1 is 0.923 bits per heavy atom. The second kappa shape index (κ2) is 10.4. The number of hydrogen-bond donors (Lipinski definition) is 1. The fourth-order valence-corrected chi connectivity index (χ4v) is 2.66. The third-order valence-corrected chi connectivity index (χ3v) is 3.59. The van der Waals surface area contributed by atoms with Crippen LogP contribution < -0.4 is 0 Å². The van der Waals surface area contributed by atoms with Crippen LogP contribution in [0.25, 0.3) is 0 Å². The summed E-state index contributed by atoms with van der Waals surface area (Å²) in [4.78, 5) is 22.0. The van der Waals surface area contributed by atoms with Crippen molar-refractivity contribution in [3.05, 3.63) is 71.8 Å². The summed E-state index contributed by atoms with van der Waals surface area (Å²) in [7, 11) is 0. The van der Waals surface area contributed by atoms with Crippen molar-refractivity contribution < 1.29 is 19.4 Å². The normalized spacial score (nSPS) is 10.7. The Bertz CT molecular complexity index is 676. The molecule has 0 aliphatic heterocycles. The molecule has 0 saturated heterocycles. The van der Waals surface area contributed by atoms with Crippen LogP contribution >= 0.6 is 0 Å². The molecule has 4 heteroatoms. The molecule has 26 heavy (non-hydrogen) atoms. The first-order valence-corrected chi connectivity index (χ1v) is 8.72. The van der Waals surface area contributed by atoms with Crippen molar-refractivity contribution in [3.8, 4) is 0 Å². The van der Waals surface area contributed by atoms with Gasteiger partial charge in [0.1, 0.15) is 0 Å². The third kappa shape index (κ3) is 8.47. The smallest absolute Gasteiger partial charge is 0.338 e. The first-order chi connectivity index (χ1) is 12.2. The molecule has 0 aliphatic rings. The van der Waals surface area contributed by atoms with E-state index in [1.54, 1.807) is 42.5 Å². The quantitative estimate of drug-likeness (QED) is 0.713. The zero-order valence-electron chi connectivity index (χ0n) is 15.9. The van der Waals surface area contributed by atoms with E-state index < -0.39 is 5.97 Å². The Morgan fingerprint density at radius 3 is 1.77 bits per heavy atom. The Morgan fingerprint density at radius 2 is 1.38 bits per heavy atom. The van der Waals surface area contributed by atoms with Crippen LogP contribution in [0.3, 0.4) is 0 Å². The molecular weight excluding hydrogens is 328 g/mol. The Labute approximate surface area is 155 Å².